The normalized spacial score (nSPS) is 21.4. The highest BCUT2D eigenvalue weighted by molar-refractivity contribution is 5.99. The molecule has 0 saturated heterocycles. The van der Waals surface area contributed by atoms with Gasteiger partial charge < -0.3 is 28.5 Å². The summed E-state index contributed by atoms with van der Waals surface area (Å²) < 4.78 is 35.3. The molecule has 3 heterocycles. The number of rotatable bonds is 8. The first kappa shape index (κ1) is 30.5. The molecule has 0 bridgehead atoms. The van der Waals surface area contributed by atoms with Crippen LogP contribution in [0.2, 0.25) is 0 Å². The van der Waals surface area contributed by atoms with Gasteiger partial charge in [0.2, 0.25) is 11.8 Å². The van der Waals surface area contributed by atoms with Crippen LogP contribution in [0.4, 0.5) is 10.1 Å². The molecule has 6 rings (SSSR count). The van der Waals surface area contributed by atoms with Crippen LogP contribution in [0.3, 0.4) is 0 Å². The second-order valence-corrected chi connectivity index (χ2v) is 12.8. The number of fused-ring (bicyclic) bond motifs is 2. The van der Waals surface area contributed by atoms with E-state index in [1.54, 1.807) is 24.0 Å². The molecule has 3 aromatic rings. The smallest absolute Gasteiger partial charge is 0.481 e. The number of ether oxygens (including phenoxy) is 2. The first-order valence-electron chi connectivity index (χ1n) is 15.2. The SMILES string of the molecule is COc1ccc2c(n1)CCN(C(=O)[C@H]1C[C@@H](CC(=O)OCc3oc(=O)oc3C)C1)[C@H]2C(=O)Nc1cc(F)c2c(c1)CCC2(C)C. The first-order chi connectivity index (χ1) is 21.4. The third-order valence-corrected chi connectivity index (χ3v) is 9.30. The summed E-state index contributed by atoms with van der Waals surface area (Å²) in [6.45, 7) is 5.64. The van der Waals surface area contributed by atoms with Crippen molar-refractivity contribution in [3.63, 3.8) is 0 Å². The van der Waals surface area contributed by atoms with E-state index in [1.165, 1.54) is 13.2 Å². The molecule has 1 aliphatic heterocycles. The van der Waals surface area contributed by atoms with Crippen molar-refractivity contribution in [2.24, 2.45) is 11.8 Å². The van der Waals surface area contributed by atoms with Gasteiger partial charge in [-0.1, -0.05) is 13.8 Å². The predicted octanol–water partition coefficient (Wildman–Crippen LogP) is 4.53. The highest BCUT2D eigenvalue weighted by Gasteiger charge is 2.44. The van der Waals surface area contributed by atoms with Crippen LogP contribution in [0.15, 0.2) is 37.9 Å². The summed E-state index contributed by atoms with van der Waals surface area (Å²) in [4.78, 5) is 57.4. The lowest BCUT2D eigenvalue weighted by molar-refractivity contribution is -0.152. The zero-order valence-electron chi connectivity index (χ0n) is 25.7. The average Bonchev–Trinajstić information content (AvgIpc) is 3.47. The first-order valence-corrected chi connectivity index (χ1v) is 15.2. The number of nitrogens with zero attached hydrogens (tertiary/aromatic N) is 2. The molecule has 3 aliphatic rings. The van der Waals surface area contributed by atoms with E-state index in [0.29, 0.717) is 47.7 Å². The van der Waals surface area contributed by atoms with Crippen molar-refractivity contribution in [3.05, 3.63) is 74.6 Å². The third kappa shape index (κ3) is 5.97. The molecule has 1 aromatic carbocycles. The molecule has 0 unspecified atom stereocenters. The predicted molar refractivity (Wildman–Crippen MR) is 158 cm³/mol. The van der Waals surface area contributed by atoms with E-state index in [-0.39, 0.29) is 60.1 Å². The van der Waals surface area contributed by atoms with Crippen LogP contribution in [0.5, 0.6) is 5.88 Å². The molecule has 45 heavy (non-hydrogen) atoms. The summed E-state index contributed by atoms with van der Waals surface area (Å²) in [7, 11) is 1.51. The maximum Gasteiger partial charge on any atom is 0.519 e. The minimum atomic E-state index is -0.968. The van der Waals surface area contributed by atoms with Gasteiger partial charge in [-0.05, 0) is 73.3 Å². The van der Waals surface area contributed by atoms with E-state index in [4.69, 9.17) is 18.3 Å². The molecule has 0 spiro atoms. The van der Waals surface area contributed by atoms with Crippen molar-refractivity contribution in [2.75, 3.05) is 19.0 Å². The van der Waals surface area contributed by atoms with Gasteiger partial charge in [0.25, 0.3) is 5.91 Å². The fourth-order valence-electron chi connectivity index (χ4n) is 6.86. The van der Waals surface area contributed by atoms with Crippen LogP contribution in [0, 0.1) is 24.6 Å². The number of anilines is 1. The molecule has 1 fully saturated rings. The van der Waals surface area contributed by atoms with E-state index in [2.05, 4.69) is 10.3 Å². The quantitative estimate of drug-likeness (QED) is 0.359. The average molecular weight is 622 g/mol. The molecule has 1 saturated carbocycles. The highest BCUT2D eigenvalue weighted by atomic mass is 19.1. The van der Waals surface area contributed by atoms with Crippen LogP contribution in [0.1, 0.15) is 79.5 Å². The van der Waals surface area contributed by atoms with Crippen LogP contribution >= 0.6 is 0 Å². The number of carbonyl (C=O) groups is 3. The number of esters is 1. The Bertz CT molecular complexity index is 1720. The number of halogens is 1. The molecule has 11 nitrogen and oxygen atoms in total. The van der Waals surface area contributed by atoms with E-state index in [1.807, 2.05) is 19.9 Å². The van der Waals surface area contributed by atoms with E-state index in [0.717, 1.165) is 18.4 Å². The number of methoxy groups -OCH3 is 1. The molecule has 12 heteroatoms. The molecule has 0 radical (unpaired) electrons. The molecule has 1 N–H and O–H groups in total. The summed E-state index contributed by atoms with van der Waals surface area (Å²) in [5.41, 5.74) is 2.90. The van der Waals surface area contributed by atoms with Gasteiger partial charge in [0.1, 0.15) is 11.9 Å². The molecule has 1 atom stereocenters. The number of aromatic nitrogens is 1. The van der Waals surface area contributed by atoms with Gasteiger partial charge in [-0.3, -0.25) is 14.4 Å². The summed E-state index contributed by atoms with van der Waals surface area (Å²) in [5, 5.41) is 2.88. The van der Waals surface area contributed by atoms with Crippen LogP contribution in [-0.2, 0) is 44.0 Å². The molecule has 2 aliphatic carbocycles. The second-order valence-electron chi connectivity index (χ2n) is 12.8. The molecule has 2 aromatic heterocycles. The number of hydrogen-bond acceptors (Lipinski definition) is 9. The van der Waals surface area contributed by atoms with E-state index in [9.17, 15) is 19.2 Å². The van der Waals surface area contributed by atoms with Gasteiger partial charge in [0.05, 0.1) is 12.8 Å². The Kier molecular flexibility index (Phi) is 8.00. The van der Waals surface area contributed by atoms with Crippen molar-refractivity contribution in [1.29, 1.82) is 0 Å². The van der Waals surface area contributed by atoms with Gasteiger partial charge >= 0.3 is 11.8 Å². The number of hydrogen-bond donors (Lipinski definition) is 1. The number of nitrogens with one attached hydrogen (secondary N) is 1. The van der Waals surface area contributed by atoms with Crippen molar-refractivity contribution in [3.8, 4) is 5.88 Å². The number of carbonyl (C=O) groups excluding carboxylic acids is 3. The van der Waals surface area contributed by atoms with Gasteiger partial charge in [0.15, 0.2) is 18.1 Å². The Morgan fingerprint density at radius 3 is 2.64 bits per heavy atom. The summed E-state index contributed by atoms with van der Waals surface area (Å²) in [6.07, 6.45) is 3.04. The van der Waals surface area contributed by atoms with Crippen molar-refractivity contribution in [1.82, 2.24) is 9.88 Å². The van der Waals surface area contributed by atoms with Crippen molar-refractivity contribution < 1.29 is 37.1 Å². The highest BCUT2D eigenvalue weighted by Crippen LogP contribution is 2.43. The Hall–Kier alpha value is -4.48. The fourth-order valence-corrected chi connectivity index (χ4v) is 6.86. The summed E-state index contributed by atoms with van der Waals surface area (Å²) in [6, 6.07) is 5.61. The van der Waals surface area contributed by atoms with Gasteiger partial charge in [0, 0.05) is 42.6 Å². The van der Waals surface area contributed by atoms with Crippen LogP contribution in [-0.4, -0.2) is 41.3 Å². The topological polar surface area (TPSA) is 141 Å². The zero-order valence-corrected chi connectivity index (χ0v) is 25.7. The van der Waals surface area contributed by atoms with Crippen LogP contribution in [0.25, 0.3) is 0 Å². The van der Waals surface area contributed by atoms with Gasteiger partial charge in [-0.15, -0.1) is 0 Å². The zero-order chi connectivity index (χ0) is 32.0. The third-order valence-electron chi connectivity index (χ3n) is 9.30. The van der Waals surface area contributed by atoms with E-state index < -0.39 is 23.7 Å². The lowest BCUT2D eigenvalue weighted by atomic mass is 9.72. The molecular weight excluding hydrogens is 585 g/mol. The largest absolute Gasteiger partial charge is 0.519 e. The number of benzene rings is 1. The standard InChI is InChI=1S/C33H36FN3O8/c1-17-25(45-32(41)44-17)16-43-27(38)13-18-11-20(12-18)31(40)37-10-8-24-22(5-6-26(36-24)42-4)29(37)30(39)35-21-14-19-7-9-33(2,3)28(19)23(34)15-21/h5-6,14-15,18,20,29H,7-13,16H2,1-4H3,(H,35,39)/t18-,20+,29-/m1/s1. The van der Waals surface area contributed by atoms with Gasteiger partial charge in [-0.25, -0.2) is 14.2 Å². The fraction of sp³-hybridized carbons (Fsp3) is 0.485. The maximum absolute atomic E-state index is 15.2. The Morgan fingerprint density at radius 2 is 1.93 bits per heavy atom. The minimum absolute atomic E-state index is 0.0576. The Labute approximate surface area is 259 Å². The van der Waals surface area contributed by atoms with E-state index >= 15 is 4.39 Å². The molecule has 238 valence electrons. The van der Waals surface area contributed by atoms with Crippen molar-refractivity contribution in [2.45, 2.75) is 77.4 Å². The Balaban J connectivity index is 1.15. The number of pyridine rings is 1. The monoisotopic (exact) mass is 621 g/mol. The lowest BCUT2D eigenvalue weighted by Crippen LogP contribution is -2.50. The Morgan fingerprint density at radius 1 is 1.16 bits per heavy atom. The van der Waals surface area contributed by atoms with Crippen molar-refractivity contribution >= 4 is 23.5 Å². The lowest BCUT2D eigenvalue weighted by Gasteiger charge is -2.42. The van der Waals surface area contributed by atoms with Gasteiger partial charge in [-0.2, -0.15) is 0 Å². The molecule has 2 amide bonds. The van der Waals surface area contributed by atoms with Crippen LogP contribution < -0.4 is 15.9 Å². The number of aryl methyl sites for hydroxylation is 2. The minimum Gasteiger partial charge on any atom is -0.481 e. The second kappa shape index (κ2) is 11.8. The molecular formula is C33H36FN3O8. The maximum atomic E-state index is 15.2. The summed E-state index contributed by atoms with van der Waals surface area (Å²) in [5.74, 6) is -1.91. The number of amides is 2. The summed E-state index contributed by atoms with van der Waals surface area (Å²) >= 11 is 0.